The molecule has 1 N–H and O–H groups in total. The maximum absolute atomic E-state index is 12.3. The molecule has 0 spiro atoms. The van der Waals surface area contributed by atoms with Crippen LogP contribution in [0.2, 0.25) is 0 Å². The first-order chi connectivity index (χ1) is 8.70. The number of rotatable bonds is 3. The van der Waals surface area contributed by atoms with Gasteiger partial charge >= 0.3 is 0 Å². The molecule has 1 atom stereocenters. The van der Waals surface area contributed by atoms with Gasteiger partial charge in [-0.25, -0.2) is 0 Å². The average molecular weight is 285 g/mol. The zero-order valence-electron chi connectivity index (χ0n) is 11.4. The lowest BCUT2D eigenvalue weighted by molar-refractivity contribution is 0.0709. The van der Waals surface area contributed by atoms with Crippen LogP contribution in [0, 0.1) is 0 Å². The fourth-order valence-corrected chi connectivity index (χ4v) is 2.16. The molecule has 0 saturated carbocycles. The molecule has 1 aliphatic rings. The summed E-state index contributed by atoms with van der Waals surface area (Å²) in [5, 5.41) is 3.33. The van der Waals surface area contributed by atoms with Crippen molar-refractivity contribution in [3.63, 3.8) is 0 Å². The summed E-state index contributed by atoms with van der Waals surface area (Å²) in [6.07, 6.45) is 0. The van der Waals surface area contributed by atoms with E-state index in [1.807, 2.05) is 36.1 Å². The van der Waals surface area contributed by atoms with Gasteiger partial charge in [-0.2, -0.15) is 0 Å². The van der Waals surface area contributed by atoms with Gasteiger partial charge in [-0.05, 0) is 38.1 Å². The Morgan fingerprint density at radius 3 is 2.68 bits per heavy atom. The van der Waals surface area contributed by atoms with Crippen LogP contribution in [0.5, 0.6) is 5.75 Å². The second-order valence-electron chi connectivity index (χ2n) is 4.56. The molecule has 0 aromatic heterocycles. The summed E-state index contributed by atoms with van der Waals surface area (Å²) in [6.45, 7) is 7.09. The molecule has 106 valence electrons. The highest BCUT2D eigenvalue weighted by Crippen LogP contribution is 2.14. The lowest BCUT2D eigenvalue weighted by Crippen LogP contribution is -2.51. The van der Waals surface area contributed by atoms with E-state index in [1.54, 1.807) is 0 Å². The highest BCUT2D eigenvalue weighted by atomic mass is 35.5. The molecule has 1 heterocycles. The number of ether oxygens (including phenoxy) is 1. The number of nitrogens with one attached hydrogen (secondary N) is 1. The number of hydrogen-bond donors (Lipinski definition) is 1. The topological polar surface area (TPSA) is 41.6 Å². The molecule has 0 radical (unpaired) electrons. The first-order valence-electron chi connectivity index (χ1n) is 6.46. The Bertz CT molecular complexity index is 408. The normalized spacial score (nSPS) is 18.6. The standard InChI is InChI=1S/C14H20N2O2.ClH/c1-3-18-13-6-4-12(5-7-13)14(17)16-9-8-15-11(2)10-16;/h4-7,11,15H,3,8-10H2,1-2H3;1H/t11-;/m0./s1. The van der Waals surface area contributed by atoms with Crippen molar-refractivity contribution in [2.24, 2.45) is 0 Å². The quantitative estimate of drug-likeness (QED) is 0.922. The fraction of sp³-hybridized carbons (Fsp3) is 0.500. The van der Waals surface area contributed by atoms with Crippen LogP contribution in [-0.2, 0) is 0 Å². The van der Waals surface area contributed by atoms with E-state index in [1.165, 1.54) is 0 Å². The molecular weight excluding hydrogens is 264 g/mol. The molecule has 1 amide bonds. The van der Waals surface area contributed by atoms with Gasteiger partial charge in [0.15, 0.2) is 0 Å². The lowest BCUT2D eigenvalue weighted by atomic mass is 10.1. The van der Waals surface area contributed by atoms with Gasteiger partial charge in [0.05, 0.1) is 6.61 Å². The van der Waals surface area contributed by atoms with Crippen LogP contribution in [0.1, 0.15) is 24.2 Å². The SMILES string of the molecule is CCOc1ccc(C(=O)N2CCN[C@@H](C)C2)cc1.Cl. The van der Waals surface area contributed by atoms with Crippen molar-refractivity contribution in [3.05, 3.63) is 29.8 Å². The summed E-state index contributed by atoms with van der Waals surface area (Å²) in [5.41, 5.74) is 0.729. The Morgan fingerprint density at radius 2 is 2.11 bits per heavy atom. The molecule has 2 rings (SSSR count). The number of nitrogens with zero attached hydrogens (tertiary/aromatic N) is 1. The van der Waals surface area contributed by atoms with Crippen molar-refractivity contribution < 1.29 is 9.53 Å². The van der Waals surface area contributed by atoms with E-state index in [9.17, 15) is 4.79 Å². The second kappa shape index (κ2) is 7.36. The molecule has 5 heteroatoms. The number of piperazine rings is 1. The van der Waals surface area contributed by atoms with Gasteiger partial charge < -0.3 is 15.0 Å². The van der Waals surface area contributed by atoms with Crippen molar-refractivity contribution in [2.45, 2.75) is 19.9 Å². The van der Waals surface area contributed by atoms with Crippen molar-refractivity contribution in [2.75, 3.05) is 26.2 Å². The zero-order valence-corrected chi connectivity index (χ0v) is 12.2. The number of amides is 1. The monoisotopic (exact) mass is 284 g/mol. The van der Waals surface area contributed by atoms with Gasteiger partial charge in [0.25, 0.3) is 5.91 Å². The van der Waals surface area contributed by atoms with E-state index in [0.29, 0.717) is 12.6 Å². The summed E-state index contributed by atoms with van der Waals surface area (Å²) in [5.74, 6) is 0.911. The van der Waals surface area contributed by atoms with Crippen LogP contribution in [0.4, 0.5) is 0 Å². The first kappa shape index (κ1) is 15.8. The predicted molar refractivity (Wildman–Crippen MR) is 78.2 cm³/mol. The van der Waals surface area contributed by atoms with Crippen LogP contribution in [0.15, 0.2) is 24.3 Å². The largest absolute Gasteiger partial charge is 0.494 e. The Balaban J connectivity index is 0.00000180. The minimum absolute atomic E-state index is 0. The van der Waals surface area contributed by atoms with Crippen molar-refractivity contribution in [1.29, 1.82) is 0 Å². The number of halogens is 1. The van der Waals surface area contributed by atoms with Gasteiger partial charge in [-0.3, -0.25) is 4.79 Å². The maximum atomic E-state index is 12.3. The highest BCUT2D eigenvalue weighted by molar-refractivity contribution is 5.94. The molecule has 0 aliphatic carbocycles. The number of benzene rings is 1. The molecule has 1 aromatic carbocycles. The third kappa shape index (κ3) is 4.11. The maximum Gasteiger partial charge on any atom is 0.253 e. The van der Waals surface area contributed by atoms with E-state index < -0.39 is 0 Å². The summed E-state index contributed by atoms with van der Waals surface area (Å²) in [7, 11) is 0. The molecule has 19 heavy (non-hydrogen) atoms. The van der Waals surface area contributed by atoms with Gasteiger partial charge in [0.1, 0.15) is 5.75 Å². The molecule has 4 nitrogen and oxygen atoms in total. The number of carbonyl (C=O) groups is 1. The fourth-order valence-electron chi connectivity index (χ4n) is 2.16. The van der Waals surface area contributed by atoms with Gasteiger partial charge in [0.2, 0.25) is 0 Å². The van der Waals surface area contributed by atoms with Gasteiger partial charge in [-0.15, -0.1) is 12.4 Å². The lowest BCUT2D eigenvalue weighted by Gasteiger charge is -2.32. The summed E-state index contributed by atoms with van der Waals surface area (Å²) < 4.78 is 5.37. The third-order valence-electron chi connectivity index (χ3n) is 3.07. The van der Waals surface area contributed by atoms with Gasteiger partial charge in [0, 0.05) is 31.2 Å². The van der Waals surface area contributed by atoms with E-state index >= 15 is 0 Å². The summed E-state index contributed by atoms with van der Waals surface area (Å²) >= 11 is 0. The Labute approximate surface area is 120 Å². The molecule has 1 aromatic rings. The van der Waals surface area contributed by atoms with Crippen molar-refractivity contribution in [3.8, 4) is 5.75 Å². The highest BCUT2D eigenvalue weighted by Gasteiger charge is 2.21. The van der Waals surface area contributed by atoms with E-state index in [0.717, 1.165) is 30.9 Å². The minimum atomic E-state index is 0. The van der Waals surface area contributed by atoms with Crippen LogP contribution < -0.4 is 10.1 Å². The van der Waals surface area contributed by atoms with Crippen LogP contribution >= 0.6 is 12.4 Å². The first-order valence-corrected chi connectivity index (χ1v) is 6.46. The summed E-state index contributed by atoms with van der Waals surface area (Å²) in [6, 6.07) is 7.73. The molecule has 0 unspecified atom stereocenters. The van der Waals surface area contributed by atoms with Crippen molar-refractivity contribution >= 4 is 18.3 Å². The molecule has 1 aliphatic heterocycles. The second-order valence-corrected chi connectivity index (χ2v) is 4.56. The Kier molecular flexibility index (Phi) is 6.12. The number of carbonyl (C=O) groups excluding carboxylic acids is 1. The van der Waals surface area contributed by atoms with Crippen LogP contribution in [-0.4, -0.2) is 43.1 Å². The van der Waals surface area contributed by atoms with Crippen molar-refractivity contribution in [1.82, 2.24) is 10.2 Å². The number of hydrogen-bond acceptors (Lipinski definition) is 3. The Morgan fingerprint density at radius 1 is 1.42 bits per heavy atom. The summed E-state index contributed by atoms with van der Waals surface area (Å²) in [4.78, 5) is 14.2. The minimum Gasteiger partial charge on any atom is -0.494 e. The Hall–Kier alpha value is -1.26. The van der Waals surface area contributed by atoms with Gasteiger partial charge in [-0.1, -0.05) is 0 Å². The molecular formula is C14H21ClN2O2. The van der Waals surface area contributed by atoms with Crippen LogP contribution in [0.3, 0.4) is 0 Å². The van der Waals surface area contributed by atoms with Crippen LogP contribution in [0.25, 0.3) is 0 Å². The zero-order chi connectivity index (χ0) is 13.0. The van der Waals surface area contributed by atoms with E-state index in [4.69, 9.17) is 4.74 Å². The smallest absolute Gasteiger partial charge is 0.253 e. The third-order valence-corrected chi connectivity index (χ3v) is 3.07. The molecule has 0 bridgehead atoms. The average Bonchev–Trinajstić information content (AvgIpc) is 2.39. The van der Waals surface area contributed by atoms with E-state index in [-0.39, 0.29) is 18.3 Å². The molecule has 1 fully saturated rings. The predicted octanol–water partition coefficient (Wildman–Crippen LogP) is 1.94. The van der Waals surface area contributed by atoms with E-state index in [2.05, 4.69) is 12.2 Å². The molecule has 1 saturated heterocycles.